The van der Waals surface area contributed by atoms with Gasteiger partial charge in [0.1, 0.15) is 6.61 Å². The Morgan fingerprint density at radius 3 is 3.12 bits per heavy atom. The van der Waals surface area contributed by atoms with Gasteiger partial charge < -0.3 is 4.74 Å². The van der Waals surface area contributed by atoms with E-state index in [9.17, 15) is 4.79 Å². The molecule has 2 aromatic rings. The molecule has 0 radical (unpaired) electrons. The molecule has 0 saturated heterocycles. The molecule has 0 aliphatic heterocycles. The van der Waals surface area contributed by atoms with E-state index in [4.69, 9.17) is 27.9 Å². The van der Waals surface area contributed by atoms with Gasteiger partial charge in [-0.05, 0) is 18.2 Å². The van der Waals surface area contributed by atoms with Crippen LogP contribution in [0.3, 0.4) is 0 Å². The van der Waals surface area contributed by atoms with E-state index in [0.29, 0.717) is 10.2 Å². The van der Waals surface area contributed by atoms with Gasteiger partial charge in [-0.1, -0.05) is 22.9 Å². The van der Waals surface area contributed by atoms with E-state index in [-0.39, 0.29) is 12.5 Å². The highest BCUT2D eigenvalue weighted by molar-refractivity contribution is 7.22. The normalized spacial score (nSPS) is 10.5. The largest absolute Gasteiger partial charge is 0.448 e. The van der Waals surface area contributed by atoms with Gasteiger partial charge in [0.25, 0.3) is 0 Å². The second kappa shape index (κ2) is 5.53. The van der Waals surface area contributed by atoms with Gasteiger partial charge in [-0.25, -0.2) is 9.78 Å². The topological polar surface area (TPSA) is 51.2 Å². The van der Waals surface area contributed by atoms with E-state index in [0.717, 1.165) is 10.2 Å². The third-order valence-corrected chi connectivity index (χ3v) is 3.19. The van der Waals surface area contributed by atoms with Crippen molar-refractivity contribution >= 4 is 56.0 Å². The molecule has 1 aromatic carbocycles. The summed E-state index contributed by atoms with van der Waals surface area (Å²) >= 11 is 12.6. The zero-order valence-corrected chi connectivity index (χ0v) is 10.9. The maximum absolute atomic E-state index is 11.3. The Kier molecular flexibility index (Phi) is 4.04. The lowest BCUT2D eigenvalue weighted by Crippen LogP contribution is -2.14. The molecule has 0 fully saturated rings. The Labute approximate surface area is 111 Å². The van der Waals surface area contributed by atoms with Gasteiger partial charge in [0.05, 0.1) is 16.1 Å². The molecule has 0 atom stereocenters. The number of anilines is 1. The highest BCUT2D eigenvalue weighted by atomic mass is 35.5. The molecule has 17 heavy (non-hydrogen) atoms. The summed E-state index contributed by atoms with van der Waals surface area (Å²) in [5.41, 5.74) is 0.784. The second-order valence-electron chi connectivity index (χ2n) is 3.08. The molecule has 0 aliphatic rings. The number of aromatic nitrogens is 1. The van der Waals surface area contributed by atoms with Gasteiger partial charge in [0.15, 0.2) is 5.13 Å². The first-order valence-corrected chi connectivity index (χ1v) is 6.48. The van der Waals surface area contributed by atoms with Crippen LogP contribution in [0.15, 0.2) is 18.2 Å². The first kappa shape index (κ1) is 12.4. The molecule has 1 amide bonds. The summed E-state index contributed by atoms with van der Waals surface area (Å²) < 4.78 is 5.68. The van der Waals surface area contributed by atoms with Gasteiger partial charge in [-0.2, -0.15) is 0 Å². The molecule has 1 N–H and O–H groups in total. The number of amides is 1. The molecule has 2 rings (SSSR count). The number of rotatable bonds is 3. The van der Waals surface area contributed by atoms with Crippen molar-refractivity contribution in [3.63, 3.8) is 0 Å². The van der Waals surface area contributed by atoms with Crippen LogP contribution in [0, 0.1) is 0 Å². The number of halogens is 2. The molecule has 0 unspecified atom stereocenters. The van der Waals surface area contributed by atoms with Crippen molar-refractivity contribution < 1.29 is 9.53 Å². The van der Waals surface area contributed by atoms with Crippen molar-refractivity contribution in [3.05, 3.63) is 23.2 Å². The standard InChI is InChI=1S/C10H8Cl2N2O2S/c11-3-4-16-10(15)14-9-13-7-2-1-6(12)5-8(7)17-9/h1-2,5H,3-4H2,(H,13,14,15). The molecule has 0 aliphatic carbocycles. The minimum absolute atomic E-state index is 0.171. The van der Waals surface area contributed by atoms with Crippen LogP contribution in [0.25, 0.3) is 10.2 Å². The summed E-state index contributed by atoms with van der Waals surface area (Å²) in [5.74, 6) is 0.267. The van der Waals surface area contributed by atoms with E-state index in [1.54, 1.807) is 18.2 Å². The van der Waals surface area contributed by atoms with E-state index in [1.165, 1.54) is 11.3 Å². The average molecular weight is 291 g/mol. The number of hydrogen-bond donors (Lipinski definition) is 1. The number of carbonyl (C=O) groups excluding carboxylic acids is 1. The summed E-state index contributed by atoms with van der Waals surface area (Å²) in [7, 11) is 0. The van der Waals surface area contributed by atoms with Crippen molar-refractivity contribution in [2.75, 3.05) is 17.8 Å². The number of hydrogen-bond acceptors (Lipinski definition) is 4. The van der Waals surface area contributed by atoms with Crippen LogP contribution in [-0.2, 0) is 4.74 Å². The summed E-state index contributed by atoms with van der Waals surface area (Å²) in [4.78, 5) is 15.5. The van der Waals surface area contributed by atoms with Gasteiger partial charge in [0, 0.05) is 5.02 Å². The Hall–Kier alpha value is -1.04. The molecule has 0 saturated carbocycles. The number of carbonyl (C=O) groups is 1. The van der Waals surface area contributed by atoms with Crippen molar-refractivity contribution in [1.29, 1.82) is 0 Å². The molecule has 1 aromatic heterocycles. The summed E-state index contributed by atoms with van der Waals surface area (Å²) in [6, 6.07) is 5.34. The minimum atomic E-state index is -0.559. The Balaban J connectivity index is 2.11. The minimum Gasteiger partial charge on any atom is -0.448 e. The second-order valence-corrected chi connectivity index (χ2v) is 4.93. The lowest BCUT2D eigenvalue weighted by Gasteiger charge is -2.01. The maximum Gasteiger partial charge on any atom is 0.413 e. The predicted octanol–water partition coefficient (Wildman–Crippen LogP) is 3.74. The smallest absolute Gasteiger partial charge is 0.413 e. The monoisotopic (exact) mass is 290 g/mol. The van der Waals surface area contributed by atoms with Crippen LogP contribution in [-0.4, -0.2) is 23.6 Å². The van der Waals surface area contributed by atoms with Crippen molar-refractivity contribution in [1.82, 2.24) is 4.98 Å². The van der Waals surface area contributed by atoms with Crippen LogP contribution in [0.4, 0.5) is 9.93 Å². The van der Waals surface area contributed by atoms with E-state index in [2.05, 4.69) is 10.3 Å². The molecule has 4 nitrogen and oxygen atoms in total. The molecule has 0 spiro atoms. The van der Waals surface area contributed by atoms with Crippen LogP contribution in [0.1, 0.15) is 0 Å². The van der Waals surface area contributed by atoms with Crippen LogP contribution in [0.2, 0.25) is 5.02 Å². The molecular formula is C10H8Cl2N2O2S. The van der Waals surface area contributed by atoms with Crippen molar-refractivity contribution in [3.8, 4) is 0 Å². The van der Waals surface area contributed by atoms with E-state index >= 15 is 0 Å². The van der Waals surface area contributed by atoms with Gasteiger partial charge in [-0.3, -0.25) is 5.32 Å². The van der Waals surface area contributed by atoms with Gasteiger partial charge in [0.2, 0.25) is 0 Å². The fourth-order valence-electron chi connectivity index (χ4n) is 1.21. The number of fused-ring (bicyclic) bond motifs is 1. The summed E-state index contributed by atoms with van der Waals surface area (Å²) in [6.45, 7) is 0.171. The van der Waals surface area contributed by atoms with Gasteiger partial charge >= 0.3 is 6.09 Å². The number of benzene rings is 1. The van der Waals surface area contributed by atoms with Crippen LogP contribution in [0.5, 0.6) is 0 Å². The van der Waals surface area contributed by atoms with E-state index < -0.39 is 6.09 Å². The highest BCUT2D eigenvalue weighted by Crippen LogP contribution is 2.28. The Morgan fingerprint density at radius 2 is 2.35 bits per heavy atom. The van der Waals surface area contributed by atoms with Gasteiger partial charge in [-0.15, -0.1) is 11.6 Å². The lowest BCUT2D eigenvalue weighted by molar-refractivity contribution is 0.168. The quantitative estimate of drug-likeness (QED) is 0.876. The number of thiazole rings is 1. The fraction of sp³-hybridized carbons (Fsp3) is 0.200. The first-order chi connectivity index (χ1) is 8.19. The Morgan fingerprint density at radius 1 is 1.53 bits per heavy atom. The van der Waals surface area contributed by atoms with Crippen molar-refractivity contribution in [2.24, 2.45) is 0 Å². The van der Waals surface area contributed by atoms with Crippen LogP contribution < -0.4 is 5.32 Å². The summed E-state index contributed by atoms with van der Waals surface area (Å²) in [6.07, 6.45) is -0.559. The molecule has 1 heterocycles. The maximum atomic E-state index is 11.3. The number of nitrogens with one attached hydrogen (secondary N) is 1. The molecule has 90 valence electrons. The van der Waals surface area contributed by atoms with E-state index in [1.807, 2.05) is 0 Å². The molecule has 0 bridgehead atoms. The van der Waals surface area contributed by atoms with Crippen molar-refractivity contribution in [2.45, 2.75) is 0 Å². The zero-order valence-electron chi connectivity index (χ0n) is 8.57. The third-order valence-electron chi connectivity index (χ3n) is 1.87. The first-order valence-electron chi connectivity index (χ1n) is 4.75. The number of ether oxygens (including phenoxy) is 1. The third kappa shape index (κ3) is 3.21. The Bertz CT molecular complexity index is 544. The summed E-state index contributed by atoms with van der Waals surface area (Å²) in [5, 5.41) is 3.64. The SMILES string of the molecule is O=C(Nc1nc2ccc(Cl)cc2s1)OCCCl. The van der Waals surface area contributed by atoms with Crippen LogP contribution >= 0.6 is 34.5 Å². The number of alkyl halides is 1. The molecular weight excluding hydrogens is 283 g/mol. The predicted molar refractivity (Wildman–Crippen MR) is 70.3 cm³/mol. The number of nitrogens with zero attached hydrogens (tertiary/aromatic N) is 1. The lowest BCUT2D eigenvalue weighted by atomic mass is 10.3. The fourth-order valence-corrected chi connectivity index (χ4v) is 2.41. The zero-order chi connectivity index (χ0) is 12.3. The highest BCUT2D eigenvalue weighted by Gasteiger charge is 2.08. The average Bonchev–Trinajstić information content (AvgIpc) is 2.67. The molecule has 7 heteroatoms.